The molecule has 0 unspecified atom stereocenters. The van der Waals surface area contributed by atoms with E-state index >= 15 is 0 Å². The molecule has 5 aliphatic rings. The van der Waals surface area contributed by atoms with E-state index in [1.165, 1.54) is 0 Å². The SMILES string of the molecule is C=C[C@@]12CN(C)[C@H]3[C@@H]4CO[C@H](C[C@H]41)[C@@]1(C(=O)Nc4ccccc41)[C@H]32. The van der Waals surface area contributed by atoms with Crippen molar-refractivity contribution in [1.29, 1.82) is 0 Å². The molecule has 4 nitrogen and oxygen atoms in total. The summed E-state index contributed by atoms with van der Waals surface area (Å²) in [4.78, 5) is 15.9. The Balaban J connectivity index is 1.69. The van der Waals surface area contributed by atoms with Crippen LogP contribution in [0.1, 0.15) is 12.0 Å². The van der Waals surface area contributed by atoms with Crippen LogP contribution in [0.3, 0.4) is 0 Å². The molecule has 3 aliphatic heterocycles. The van der Waals surface area contributed by atoms with Gasteiger partial charge in [0.2, 0.25) is 5.91 Å². The van der Waals surface area contributed by atoms with Crippen molar-refractivity contribution >= 4 is 11.6 Å². The first-order valence-electron chi connectivity index (χ1n) is 9.01. The quantitative estimate of drug-likeness (QED) is 0.805. The van der Waals surface area contributed by atoms with Crippen molar-refractivity contribution in [3.63, 3.8) is 0 Å². The van der Waals surface area contributed by atoms with Crippen LogP contribution in [0, 0.1) is 23.2 Å². The lowest BCUT2D eigenvalue weighted by Gasteiger charge is -2.54. The second-order valence-electron chi connectivity index (χ2n) is 8.40. The van der Waals surface area contributed by atoms with E-state index in [4.69, 9.17) is 4.74 Å². The first-order valence-corrected chi connectivity index (χ1v) is 9.01. The Hall–Kier alpha value is -1.65. The number of benzene rings is 1. The maximum Gasteiger partial charge on any atom is 0.238 e. The summed E-state index contributed by atoms with van der Waals surface area (Å²) in [6.45, 7) is 6.06. The van der Waals surface area contributed by atoms with Crippen molar-refractivity contribution in [2.75, 3.05) is 25.5 Å². The van der Waals surface area contributed by atoms with Crippen molar-refractivity contribution < 1.29 is 9.53 Å². The maximum absolute atomic E-state index is 13.4. The number of ether oxygens (including phenoxy) is 1. The Labute approximate surface area is 141 Å². The summed E-state index contributed by atoms with van der Waals surface area (Å²) >= 11 is 0. The van der Waals surface area contributed by atoms with Gasteiger partial charge in [0.1, 0.15) is 5.41 Å². The summed E-state index contributed by atoms with van der Waals surface area (Å²) in [6, 6.07) is 8.64. The number of fused-ring (bicyclic) bond motifs is 5. The number of hydrogen-bond acceptors (Lipinski definition) is 3. The molecule has 2 saturated heterocycles. The van der Waals surface area contributed by atoms with Gasteiger partial charge in [0.05, 0.1) is 12.7 Å². The third-order valence-corrected chi connectivity index (χ3v) is 7.93. The second-order valence-corrected chi connectivity index (χ2v) is 8.40. The van der Waals surface area contributed by atoms with Crippen LogP contribution in [0.5, 0.6) is 0 Å². The Kier molecular flexibility index (Phi) is 2.24. The molecule has 24 heavy (non-hydrogen) atoms. The smallest absolute Gasteiger partial charge is 0.238 e. The summed E-state index contributed by atoms with van der Waals surface area (Å²) in [7, 11) is 2.21. The predicted octanol–water partition coefficient (Wildman–Crippen LogP) is 2.03. The molecular formula is C20H22N2O2. The van der Waals surface area contributed by atoms with E-state index in [2.05, 4.69) is 42.1 Å². The summed E-state index contributed by atoms with van der Waals surface area (Å²) in [5.41, 5.74) is 1.61. The second kappa shape index (κ2) is 3.94. The third-order valence-electron chi connectivity index (χ3n) is 7.93. The van der Waals surface area contributed by atoms with Crippen LogP contribution in [0.25, 0.3) is 0 Å². The highest BCUT2D eigenvalue weighted by Gasteiger charge is 2.79. The fourth-order valence-electron chi connectivity index (χ4n) is 7.38. The minimum Gasteiger partial charge on any atom is -0.376 e. The molecule has 1 aromatic carbocycles. The van der Waals surface area contributed by atoms with Gasteiger partial charge >= 0.3 is 0 Å². The zero-order valence-electron chi connectivity index (χ0n) is 13.9. The molecule has 1 spiro atoms. The van der Waals surface area contributed by atoms with Crippen LogP contribution in [0.15, 0.2) is 36.9 Å². The monoisotopic (exact) mass is 322 g/mol. The predicted molar refractivity (Wildman–Crippen MR) is 90.6 cm³/mol. The maximum atomic E-state index is 13.4. The summed E-state index contributed by atoms with van der Waals surface area (Å²) < 4.78 is 6.34. The molecule has 5 bridgehead atoms. The highest BCUT2D eigenvalue weighted by atomic mass is 16.5. The molecule has 1 aromatic rings. The number of rotatable bonds is 1. The van der Waals surface area contributed by atoms with Crippen molar-refractivity contribution in [3.05, 3.63) is 42.5 Å². The third kappa shape index (κ3) is 1.12. The number of nitrogens with zero attached hydrogens (tertiary/aromatic N) is 1. The van der Waals surface area contributed by atoms with Crippen LogP contribution in [-0.2, 0) is 14.9 Å². The first kappa shape index (κ1) is 13.6. The van der Waals surface area contributed by atoms with Gasteiger partial charge in [0.25, 0.3) is 0 Å². The van der Waals surface area contributed by atoms with Crippen LogP contribution in [-0.4, -0.2) is 43.2 Å². The molecule has 4 heteroatoms. The van der Waals surface area contributed by atoms with Crippen LogP contribution in [0.2, 0.25) is 0 Å². The molecule has 3 heterocycles. The summed E-state index contributed by atoms with van der Waals surface area (Å²) in [5, 5.41) is 3.18. The van der Waals surface area contributed by atoms with Gasteiger partial charge in [-0.3, -0.25) is 4.79 Å². The minimum atomic E-state index is -0.554. The van der Waals surface area contributed by atoms with Gasteiger partial charge in [-0.2, -0.15) is 0 Å². The molecule has 2 aliphatic carbocycles. The van der Waals surface area contributed by atoms with E-state index in [-0.39, 0.29) is 23.3 Å². The highest BCUT2D eigenvalue weighted by Crippen LogP contribution is 2.73. The van der Waals surface area contributed by atoms with E-state index in [0.29, 0.717) is 17.9 Å². The molecule has 2 saturated carbocycles. The molecule has 124 valence electrons. The number of piperidine rings is 1. The lowest BCUT2D eigenvalue weighted by Crippen LogP contribution is -2.62. The summed E-state index contributed by atoms with van der Waals surface area (Å²) in [6.07, 6.45) is 3.17. The van der Waals surface area contributed by atoms with Crippen LogP contribution in [0.4, 0.5) is 5.69 Å². The van der Waals surface area contributed by atoms with Gasteiger partial charge in [0.15, 0.2) is 0 Å². The topological polar surface area (TPSA) is 41.6 Å². The molecule has 4 fully saturated rings. The minimum absolute atomic E-state index is 0.00280. The molecule has 7 atom stereocenters. The van der Waals surface area contributed by atoms with E-state index in [1.807, 2.05) is 12.1 Å². The Morgan fingerprint density at radius 2 is 2.25 bits per heavy atom. The molecular weight excluding hydrogens is 300 g/mol. The van der Waals surface area contributed by atoms with E-state index < -0.39 is 5.41 Å². The van der Waals surface area contributed by atoms with E-state index in [1.54, 1.807) is 0 Å². The van der Waals surface area contributed by atoms with Crippen molar-refractivity contribution in [3.8, 4) is 0 Å². The van der Waals surface area contributed by atoms with Crippen molar-refractivity contribution in [2.45, 2.75) is 24.0 Å². The number of amides is 1. The largest absolute Gasteiger partial charge is 0.376 e. The lowest BCUT2D eigenvalue weighted by molar-refractivity contribution is -0.153. The highest BCUT2D eigenvalue weighted by molar-refractivity contribution is 6.07. The standard InChI is InChI=1S/C20H22N2O2/c1-3-19-10-22(2)16-11-9-24-15(8-13(11)19)20(17(16)19)12-6-4-5-7-14(12)21-18(20)23/h3-7,11,13,15-17H,1,8-10H2,2H3,(H,21,23)/t11-,13-,15-,16+,17-,19-,20-/m1/s1. The zero-order valence-corrected chi connectivity index (χ0v) is 13.9. The average molecular weight is 322 g/mol. The number of anilines is 1. The van der Waals surface area contributed by atoms with E-state index in [9.17, 15) is 4.79 Å². The molecule has 0 radical (unpaired) electrons. The van der Waals surface area contributed by atoms with Gasteiger partial charge in [-0.25, -0.2) is 0 Å². The number of carbonyl (C=O) groups excluding carboxylic acids is 1. The van der Waals surface area contributed by atoms with E-state index in [0.717, 1.165) is 30.8 Å². The van der Waals surface area contributed by atoms with Gasteiger partial charge in [-0.1, -0.05) is 24.3 Å². The Bertz CT molecular complexity index is 792. The van der Waals surface area contributed by atoms with Gasteiger partial charge in [-0.05, 0) is 31.0 Å². The van der Waals surface area contributed by atoms with Crippen LogP contribution < -0.4 is 5.32 Å². The fraction of sp³-hybridized carbons (Fsp3) is 0.550. The molecule has 1 N–H and O–H groups in total. The number of hydrogen-bond donors (Lipinski definition) is 1. The number of para-hydroxylation sites is 1. The lowest BCUT2D eigenvalue weighted by atomic mass is 9.51. The normalized spacial score (nSPS) is 50.4. The number of carbonyl (C=O) groups is 1. The Morgan fingerprint density at radius 3 is 3.08 bits per heavy atom. The molecule has 1 amide bonds. The van der Waals surface area contributed by atoms with Gasteiger partial charge in [-0.15, -0.1) is 6.58 Å². The van der Waals surface area contributed by atoms with Crippen LogP contribution >= 0.6 is 0 Å². The van der Waals surface area contributed by atoms with Gasteiger partial charge < -0.3 is 15.0 Å². The first-order chi connectivity index (χ1) is 11.6. The Morgan fingerprint density at radius 1 is 1.42 bits per heavy atom. The summed E-state index contributed by atoms with van der Waals surface area (Å²) in [5.74, 6) is 1.56. The van der Waals surface area contributed by atoms with Gasteiger partial charge in [0, 0.05) is 35.5 Å². The number of nitrogens with one attached hydrogen (secondary N) is 1. The average Bonchev–Trinajstić information content (AvgIpc) is 3.08. The van der Waals surface area contributed by atoms with Crippen molar-refractivity contribution in [1.82, 2.24) is 4.90 Å². The molecule has 6 rings (SSSR count). The number of likely N-dealkylation sites (tertiary alicyclic amines) is 1. The fourth-order valence-corrected chi connectivity index (χ4v) is 7.38. The zero-order chi connectivity index (χ0) is 16.3. The molecule has 0 aromatic heterocycles. The van der Waals surface area contributed by atoms with Crippen molar-refractivity contribution in [2.24, 2.45) is 23.2 Å².